The molecule has 0 bridgehead atoms. The molecule has 0 saturated carbocycles. The van der Waals surface area contributed by atoms with Crippen LogP contribution in [-0.4, -0.2) is 24.0 Å². The summed E-state index contributed by atoms with van der Waals surface area (Å²) >= 11 is 1.63. The predicted octanol–water partition coefficient (Wildman–Crippen LogP) is 1.46. The van der Waals surface area contributed by atoms with E-state index in [-0.39, 0.29) is 11.3 Å². The van der Waals surface area contributed by atoms with Crippen LogP contribution < -0.4 is 10.6 Å². The van der Waals surface area contributed by atoms with Gasteiger partial charge in [0.2, 0.25) is 5.91 Å². The summed E-state index contributed by atoms with van der Waals surface area (Å²) in [5, 5.41) is 7.25. The molecule has 1 fully saturated rings. The fraction of sp³-hybridized carbons (Fsp3) is 0.667. The molecule has 1 aromatic rings. The van der Waals surface area contributed by atoms with Crippen LogP contribution >= 0.6 is 11.3 Å². The Morgan fingerprint density at radius 1 is 1.71 bits per heavy atom. The molecule has 2 N–H and O–H groups in total. The van der Waals surface area contributed by atoms with Crippen molar-refractivity contribution in [1.82, 2.24) is 15.6 Å². The quantitative estimate of drug-likeness (QED) is 0.857. The molecular formula is C12H19N3OS. The predicted molar refractivity (Wildman–Crippen MR) is 68.9 cm³/mol. The first-order valence-electron chi connectivity index (χ1n) is 6.00. The van der Waals surface area contributed by atoms with Gasteiger partial charge in [0.25, 0.3) is 0 Å². The number of thiazole rings is 1. The van der Waals surface area contributed by atoms with Crippen LogP contribution in [0.4, 0.5) is 0 Å². The van der Waals surface area contributed by atoms with Crippen molar-refractivity contribution in [3.8, 4) is 0 Å². The van der Waals surface area contributed by atoms with Gasteiger partial charge in [-0.15, -0.1) is 11.3 Å². The molecule has 2 heterocycles. The number of hydrogen-bond acceptors (Lipinski definition) is 4. The van der Waals surface area contributed by atoms with Gasteiger partial charge in [-0.3, -0.25) is 4.79 Å². The number of piperidine rings is 1. The van der Waals surface area contributed by atoms with Crippen molar-refractivity contribution in [3.63, 3.8) is 0 Å². The summed E-state index contributed by atoms with van der Waals surface area (Å²) in [6.07, 6.45) is 3.87. The maximum absolute atomic E-state index is 12.1. The van der Waals surface area contributed by atoms with Gasteiger partial charge in [0, 0.05) is 17.6 Å². The molecule has 2 rings (SSSR count). The van der Waals surface area contributed by atoms with Crippen molar-refractivity contribution < 1.29 is 4.79 Å². The molecule has 1 aromatic heterocycles. The number of carbonyl (C=O) groups excluding carboxylic acids is 1. The minimum atomic E-state index is -0.259. The van der Waals surface area contributed by atoms with Gasteiger partial charge in [0.05, 0.1) is 12.0 Å². The van der Waals surface area contributed by atoms with Crippen molar-refractivity contribution in [1.29, 1.82) is 0 Å². The Kier molecular flexibility index (Phi) is 3.79. The molecule has 0 spiro atoms. The van der Waals surface area contributed by atoms with Gasteiger partial charge >= 0.3 is 0 Å². The van der Waals surface area contributed by atoms with Crippen molar-refractivity contribution >= 4 is 17.2 Å². The van der Waals surface area contributed by atoms with Gasteiger partial charge < -0.3 is 10.6 Å². The van der Waals surface area contributed by atoms with E-state index in [0.29, 0.717) is 6.54 Å². The van der Waals surface area contributed by atoms with Crippen molar-refractivity contribution in [2.75, 3.05) is 13.1 Å². The number of carbonyl (C=O) groups is 1. The summed E-state index contributed by atoms with van der Waals surface area (Å²) in [4.78, 5) is 17.5. The maximum Gasteiger partial charge on any atom is 0.227 e. The maximum atomic E-state index is 12.1. The summed E-state index contributed by atoms with van der Waals surface area (Å²) in [7, 11) is 0. The topological polar surface area (TPSA) is 54.0 Å². The van der Waals surface area contributed by atoms with Crippen LogP contribution in [0.25, 0.3) is 0 Å². The Labute approximate surface area is 106 Å². The first-order valence-corrected chi connectivity index (χ1v) is 6.82. The molecule has 94 valence electrons. The van der Waals surface area contributed by atoms with Gasteiger partial charge in [-0.25, -0.2) is 4.98 Å². The van der Waals surface area contributed by atoms with Crippen LogP contribution in [0.2, 0.25) is 0 Å². The van der Waals surface area contributed by atoms with Gasteiger partial charge in [0.1, 0.15) is 5.01 Å². The molecule has 1 amide bonds. The van der Waals surface area contributed by atoms with Crippen LogP contribution in [0.3, 0.4) is 0 Å². The standard InChI is InChI=1S/C12H19N3OS/c1-9-6-14-10(17-9)7-15-11(16)12(2)4-3-5-13-8-12/h6,13H,3-5,7-8H2,1-2H3,(H,15,16). The summed E-state index contributed by atoms with van der Waals surface area (Å²) < 4.78 is 0. The lowest BCUT2D eigenvalue weighted by Crippen LogP contribution is -2.48. The average molecular weight is 253 g/mol. The fourth-order valence-electron chi connectivity index (χ4n) is 2.10. The van der Waals surface area contributed by atoms with E-state index in [1.54, 1.807) is 11.3 Å². The average Bonchev–Trinajstić information content (AvgIpc) is 2.73. The van der Waals surface area contributed by atoms with Gasteiger partial charge in [0.15, 0.2) is 0 Å². The molecule has 1 aliphatic heterocycles. The van der Waals surface area contributed by atoms with E-state index in [0.717, 1.165) is 30.9 Å². The SMILES string of the molecule is Cc1cnc(CNC(=O)C2(C)CCCNC2)s1. The van der Waals surface area contributed by atoms with Crippen LogP contribution in [0, 0.1) is 12.3 Å². The molecular weight excluding hydrogens is 234 g/mol. The van der Waals surface area contributed by atoms with Crippen molar-refractivity contribution in [2.45, 2.75) is 33.2 Å². The highest BCUT2D eigenvalue weighted by Gasteiger charge is 2.34. The minimum Gasteiger partial charge on any atom is -0.349 e. The van der Waals surface area contributed by atoms with Crippen molar-refractivity contribution in [3.05, 3.63) is 16.1 Å². The summed E-state index contributed by atoms with van der Waals surface area (Å²) in [6.45, 7) is 6.40. The molecule has 0 aromatic carbocycles. The second-order valence-corrected chi connectivity index (χ2v) is 6.21. The first kappa shape index (κ1) is 12.5. The van der Waals surface area contributed by atoms with E-state index >= 15 is 0 Å². The summed E-state index contributed by atoms with van der Waals surface area (Å²) in [5.41, 5.74) is -0.259. The van der Waals surface area contributed by atoms with E-state index in [9.17, 15) is 4.79 Å². The number of amides is 1. The van der Waals surface area contributed by atoms with E-state index in [2.05, 4.69) is 15.6 Å². The number of rotatable bonds is 3. The highest BCUT2D eigenvalue weighted by molar-refractivity contribution is 7.11. The second kappa shape index (κ2) is 5.14. The lowest BCUT2D eigenvalue weighted by molar-refractivity contribution is -0.131. The third kappa shape index (κ3) is 3.04. The molecule has 1 unspecified atom stereocenters. The number of aryl methyl sites for hydroxylation is 1. The van der Waals surface area contributed by atoms with Crippen LogP contribution in [-0.2, 0) is 11.3 Å². The van der Waals surface area contributed by atoms with Crippen LogP contribution in [0.5, 0.6) is 0 Å². The van der Waals surface area contributed by atoms with Crippen LogP contribution in [0.15, 0.2) is 6.20 Å². The molecule has 4 nitrogen and oxygen atoms in total. The number of nitrogens with zero attached hydrogens (tertiary/aromatic N) is 1. The van der Waals surface area contributed by atoms with E-state index in [1.807, 2.05) is 20.0 Å². The van der Waals surface area contributed by atoms with E-state index in [1.165, 1.54) is 4.88 Å². The molecule has 1 atom stereocenters. The molecule has 1 aliphatic rings. The summed E-state index contributed by atoms with van der Waals surface area (Å²) in [5.74, 6) is 0.137. The normalized spacial score (nSPS) is 24.6. The zero-order valence-electron chi connectivity index (χ0n) is 10.4. The van der Waals surface area contributed by atoms with E-state index < -0.39 is 0 Å². The molecule has 0 radical (unpaired) electrons. The Morgan fingerprint density at radius 2 is 2.53 bits per heavy atom. The largest absolute Gasteiger partial charge is 0.349 e. The molecule has 1 saturated heterocycles. The zero-order valence-corrected chi connectivity index (χ0v) is 11.2. The molecule has 0 aliphatic carbocycles. The Bertz CT molecular complexity index is 396. The van der Waals surface area contributed by atoms with Gasteiger partial charge in [-0.2, -0.15) is 0 Å². The Morgan fingerprint density at radius 3 is 3.12 bits per heavy atom. The number of aromatic nitrogens is 1. The third-order valence-electron chi connectivity index (χ3n) is 3.21. The van der Waals surface area contributed by atoms with Crippen molar-refractivity contribution in [2.24, 2.45) is 5.41 Å². The zero-order chi connectivity index (χ0) is 12.3. The van der Waals surface area contributed by atoms with E-state index in [4.69, 9.17) is 0 Å². The second-order valence-electron chi connectivity index (χ2n) is 4.89. The highest BCUT2D eigenvalue weighted by atomic mass is 32.1. The highest BCUT2D eigenvalue weighted by Crippen LogP contribution is 2.25. The number of hydrogen-bond donors (Lipinski definition) is 2. The smallest absolute Gasteiger partial charge is 0.227 e. The molecule has 5 heteroatoms. The lowest BCUT2D eigenvalue weighted by atomic mass is 9.82. The monoisotopic (exact) mass is 253 g/mol. The minimum absolute atomic E-state index is 0.137. The Balaban J connectivity index is 1.88. The first-order chi connectivity index (χ1) is 8.10. The summed E-state index contributed by atoms with van der Waals surface area (Å²) in [6, 6.07) is 0. The number of nitrogens with one attached hydrogen (secondary N) is 2. The third-order valence-corrected chi connectivity index (χ3v) is 4.13. The lowest BCUT2D eigenvalue weighted by Gasteiger charge is -2.32. The molecule has 17 heavy (non-hydrogen) atoms. The van der Waals surface area contributed by atoms with Gasteiger partial charge in [-0.1, -0.05) is 0 Å². The Hall–Kier alpha value is -0.940. The van der Waals surface area contributed by atoms with Crippen LogP contribution in [0.1, 0.15) is 29.7 Å². The fourth-order valence-corrected chi connectivity index (χ4v) is 2.83. The van der Waals surface area contributed by atoms with Gasteiger partial charge in [-0.05, 0) is 33.2 Å².